The zero-order valence-corrected chi connectivity index (χ0v) is 9.10. The van der Waals surface area contributed by atoms with Crippen molar-refractivity contribution in [2.24, 2.45) is 5.73 Å². The summed E-state index contributed by atoms with van der Waals surface area (Å²) in [5.74, 6) is 1.10. The topological polar surface area (TPSA) is 74.2 Å². The van der Waals surface area contributed by atoms with Crippen molar-refractivity contribution in [2.75, 3.05) is 6.54 Å². The van der Waals surface area contributed by atoms with Crippen molar-refractivity contribution in [3.63, 3.8) is 0 Å². The lowest BCUT2D eigenvalue weighted by Gasteiger charge is -2.01. The van der Waals surface area contributed by atoms with Crippen LogP contribution in [0.4, 0.5) is 4.39 Å². The van der Waals surface area contributed by atoms with Crippen LogP contribution in [0.3, 0.4) is 0 Å². The molecule has 1 heterocycles. The maximum atomic E-state index is 12.6. The van der Waals surface area contributed by atoms with Gasteiger partial charge in [-0.15, -0.1) is 10.2 Å². The summed E-state index contributed by atoms with van der Waals surface area (Å²) in [7, 11) is 0. The number of hydrogen-bond donors (Lipinski definition) is 1. The zero-order valence-electron chi connectivity index (χ0n) is 9.10. The molecule has 0 atom stereocenters. The lowest BCUT2D eigenvalue weighted by Crippen LogP contribution is -2.02. The van der Waals surface area contributed by atoms with Crippen LogP contribution in [0.1, 0.15) is 11.8 Å². The molecule has 0 spiro atoms. The van der Waals surface area contributed by atoms with E-state index in [4.69, 9.17) is 14.9 Å². The van der Waals surface area contributed by atoms with Gasteiger partial charge in [0, 0.05) is 13.0 Å². The lowest BCUT2D eigenvalue weighted by molar-refractivity contribution is 0.259. The number of halogens is 1. The van der Waals surface area contributed by atoms with E-state index in [1.54, 1.807) is 0 Å². The Hall–Kier alpha value is -1.95. The highest BCUT2D eigenvalue weighted by Crippen LogP contribution is 2.13. The third-order valence-electron chi connectivity index (χ3n) is 2.04. The van der Waals surface area contributed by atoms with Crippen LogP contribution in [-0.4, -0.2) is 16.7 Å². The Morgan fingerprint density at radius 1 is 1.18 bits per heavy atom. The van der Waals surface area contributed by atoms with E-state index in [-0.39, 0.29) is 12.4 Å². The van der Waals surface area contributed by atoms with Crippen LogP contribution in [0.15, 0.2) is 28.7 Å². The summed E-state index contributed by atoms with van der Waals surface area (Å²) in [4.78, 5) is 0. The van der Waals surface area contributed by atoms with E-state index < -0.39 is 0 Å². The van der Waals surface area contributed by atoms with Crippen LogP contribution >= 0.6 is 0 Å². The van der Waals surface area contributed by atoms with Crippen LogP contribution in [0, 0.1) is 5.82 Å². The number of nitrogens with zero attached hydrogens (tertiary/aromatic N) is 2. The van der Waals surface area contributed by atoms with E-state index in [2.05, 4.69) is 10.2 Å². The second kappa shape index (κ2) is 5.40. The molecule has 17 heavy (non-hydrogen) atoms. The van der Waals surface area contributed by atoms with Gasteiger partial charge < -0.3 is 14.9 Å². The molecule has 0 saturated carbocycles. The van der Waals surface area contributed by atoms with Crippen LogP contribution in [-0.2, 0) is 13.0 Å². The fraction of sp³-hybridized carbons (Fsp3) is 0.273. The molecule has 1 aromatic heterocycles. The summed E-state index contributed by atoms with van der Waals surface area (Å²) in [6, 6.07) is 5.71. The van der Waals surface area contributed by atoms with Gasteiger partial charge in [0.2, 0.25) is 5.89 Å². The van der Waals surface area contributed by atoms with Gasteiger partial charge in [-0.05, 0) is 24.3 Å². The van der Waals surface area contributed by atoms with Crippen molar-refractivity contribution in [3.05, 3.63) is 41.9 Å². The monoisotopic (exact) mass is 237 g/mol. The predicted octanol–water partition coefficient (Wildman–Crippen LogP) is 1.29. The van der Waals surface area contributed by atoms with Crippen LogP contribution in [0.25, 0.3) is 0 Å². The predicted molar refractivity (Wildman–Crippen MR) is 57.8 cm³/mol. The molecule has 2 N–H and O–H groups in total. The van der Waals surface area contributed by atoms with E-state index in [1.165, 1.54) is 24.3 Å². The third-order valence-corrected chi connectivity index (χ3v) is 2.04. The van der Waals surface area contributed by atoms with Crippen LogP contribution in [0.2, 0.25) is 0 Å². The first kappa shape index (κ1) is 11.5. The molecule has 90 valence electrons. The normalized spacial score (nSPS) is 10.5. The molecule has 2 aromatic rings. The first-order valence-corrected chi connectivity index (χ1v) is 5.17. The van der Waals surface area contributed by atoms with E-state index >= 15 is 0 Å². The van der Waals surface area contributed by atoms with Gasteiger partial charge in [0.15, 0.2) is 6.61 Å². The summed E-state index contributed by atoms with van der Waals surface area (Å²) in [5.41, 5.74) is 5.35. The molecule has 2 rings (SSSR count). The Morgan fingerprint density at radius 2 is 1.88 bits per heavy atom. The molecular weight excluding hydrogens is 225 g/mol. The second-order valence-electron chi connectivity index (χ2n) is 3.37. The Labute approximate surface area is 97.4 Å². The van der Waals surface area contributed by atoms with Gasteiger partial charge >= 0.3 is 0 Å². The van der Waals surface area contributed by atoms with Crippen LogP contribution in [0.5, 0.6) is 5.75 Å². The first-order chi connectivity index (χ1) is 8.28. The number of rotatable bonds is 5. The Bertz CT molecular complexity index is 470. The van der Waals surface area contributed by atoms with Gasteiger partial charge in [-0.1, -0.05) is 0 Å². The Kier molecular flexibility index (Phi) is 3.66. The van der Waals surface area contributed by atoms with E-state index in [0.29, 0.717) is 30.5 Å². The SMILES string of the molecule is NCCc1nnc(COc2ccc(F)cc2)o1. The zero-order chi connectivity index (χ0) is 12.1. The number of ether oxygens (including phenoxy) is 1. The van der Waals surface area contributed by atoms with Crippen molar-refractivity contribution in [1.29, 1.82) is 0 Å². The standard InChI is InChI=1S/C11H12FN3O2/c12-8-1-3-9(4-2-8)16-7-11-15-14-10(17-11)5-6-13/h1-4H,5-7,13H2. The molecule has 1 aromatic carbocycles. The number of aromatic nitrogens is 2. The average molecular weight is 237 g/mol. The van der Waals surface area contributed by atoms with Gasteiger partial charge in [0.05, 0.1) is 0 Å². The maximum Gasteiger partial charge on any atom is 0.253 e. The van der Waals surface area contributed by atoms with E-state index in [1.807, 2.05) is 0 Å². The van der Waals surface area contributed by atoms with Gasteiger partial charge in [-0.2, -0.15) is 0 Å². The molecule has 0 radical (unpaired) electrons. The minimum atomic E-state index is -0.305. The van der Waals surface area contributed by atoms with Crippen LogP contribution < -0.4 is 10.5 Å². The summed E-state index contributed by atoms with van der Waals surface area (Å²) in [6.07, 6.45) is 0.545. The molecule has 6 heteroatoms. The largest absolute Gasteiger partial charge is 0.484 e. The number of nitrogens with two attached hydrogens (primary N) is 1. The van der Waals surface area contributed by atoms with E-state index in [0.717, 1.165) is 0 Å². The molecule has 0 bridgehead atoms. The summed E-state index contributed by atoms with van der Waals surface area (Å²) < 4.78 is 23.2. The van der Waals surface area contributed by atoms with Gasteiger partial charge in [-0.25, -0.2) is 4.39 Å². The minimum Gasteiger partial charge on any atom is -0.484 e. The lowest BCUT2D eigenvalue weighted by atomic mass is 10.3. The molecular formula is C11H12FN3O2. The van der Waals surface area contributed by atoms with Crippen molar-refractivity contribution in [3.8, 4) is 5.75 Å². The fourth-order valence-electron chi connectivity index (χ4n) is 1.25. The molecule has 0 saturated heterocycles. The molecule has 0 amide bonds. The van der Waals surface area contributed by atoms with Gasteiger partial charge in [-0.3, -0.25) is 0 Å². The quantitative estimate of drug-likeness (QED) is 0.848. The molecule has 0 fully saturated rings. The molecule has 0 aliphatic carbocycles. The highest BCUT2D eigenvalue weighted by Gasteiger charge is 2.05. The minimum absolute atomic E-state index is 0.156. The highest BCUT2D eigenvalue weighted by atomic mass is 19.1. The molecule has 0 unspecified atom stereocenters. The third kappa shape index (κ3) is 3.25. The molecule has 0 aliphatic rings. The Balaban J connectivity index is 1.90. The van der Waals surface area contributed by atoms with Crippen molar-refractivity contribution in [1.82, 2.24) is 10.2 Å². The molecule has 0 aliphatic heterocycles. The average Bonchev–Trinajstić information content (AvgIpc) is 2.77. The summed E-state index contributed by atoms with van der Waals surface area (Å²) in [6.45, 7) is 0.615. The highest BCUT2D eigenvalue weighted by molar-refractivity contribution is 5.22. The second-order valence-corrected chi connectivity index (χ2v) is 3.37. The first-order valence-electron chi connectivity index (χ1n) is 5.17. The van der Waals surface area contributed by atoms with Crippen molar-refractivity contribution < 1.29 is 13.5 Å². The van der Waals surface area contributed by atoms with Gasteiger partial charge in [0.1, 0.15) is 11.6 Å². The fourth-order valence-corrected chi connectivity index (χ4v) is 1.25. The smallest absolute Gasteiger partial charge is 0.253 e. The number of benzene rings is 1. The summed E-state index contributed by atoms with van der Waals surface area (Å²) in [5, 5.41) is 7.59. The van der Waals surface area contributed by atoms with E-state index in [9.17, 15) is 4.39 Å². The molecule has 5 nitrogen and oxygen atoms in total. The van der Waals surface area contributed by atoms with Gasteiger partial charge in [0.25, 0.3) is 5.89 Å². The summed E-state index contributed by atoms with van der Waals surface area (Å²) >= 11 is 0. The Morgan fingerprint density at radius 3 is 2.59 bits per heavy atom. The number of hydrogen-bond acceptors (Lipinski definition) is 5. The van der Waals surface area contributed by atoms with Crippen molar-refractivity contribution in [2.45, 2.75) is 13.0 Å². The van der Waals surface area contributed by atoms with Crippen molar-refractivity contribution >= 4 is 0 Å². The maximum absolute atomic E-state index is 12.6.